The molecule has 9 nitrogen and oxygen atoms in total. The number of ether oxygens (including phenoxy) is 1. The molecule has 9 heteroatoms. The summed E-state index contributed by atoms with van der Waals surface area (Å²) in [5, 5.41) is 8.51. The van der Waals surface area contributed by atoms with Crippen molar-refractivity contribution in [1.82, 2.24) is 20.9 Å². The molecule has 3 atom stereocenters. The lowest BCUT2D eigenvalue weighted by molar-refractivity contribution is -0.138. The highest BCUT2D eigenvalue weighted by Gasteiger charge is 2.36. The van der Waals surface area contributed by atoms with Crippen LogP contribution in [0.4, 0.5) is 0 Å². The largest absolute Gasteiger partial charge is 0.491 e. The predicted molar refractivity (Wildman–Crippen MR) is 162 cm³/mol. The molecular formula is C34H38N4O5. The Morgan fingerprint density at radius 1 is 0.884 bits per heavy atom. The first-order chi connectivity index (χ1) is 21.0. The Labute approximate surface area is 252 Å². The van der Waals surface area contributed by atoms with Crippen LogP contribution in [0.15, 0.2) is 84.9 Å². The van der Waals surface area contributed by atoms with E-state index in [2.05, 4.69) is 16.0 Å². The molecule has 0 spiro atoms. The Bertz CT molecular complexity index is 1410. The van der Waals surface area contributed by atoms with E-state index in [1.54, 1.807) is 29.2 Å². The van der Waals surface area contributed by atoms with E-state index in [1.165, 1.54) is 0 Å². The van der Waals surface area contributed by atoms with E-state index in [0.29, 0.717) is 31.7 Å². The molecule has 224 valence electrons. The molecular weight excluding hydrogens is 544 g/mol. The van der Waals surface area contributed by atoms with Gasteiger partial charge in [-0.15, -0.1) is 0 Å². The fraction of sp³-hybridized carbons (Fsp3) is 0.353. The highest BCUT2D eigenvalue weighted by molar-refractivity contribution is 6.01. The van der Waals surface area contributed by atoms with Crippen LogP contribution in [0.1, 0.15) is 47.2 Å². The molecule has 0 bridgehead atoms. The van der Waals surface area contributed by atoms with Gasteiger partial charge in [0, 0.05) is 19.5 Å². The van der Waals surface area contributed by atoms with E-state index in [4.69, 9.17) is 4.74 Å². The summed E-state index contributed by atoms with van der Waals surface area (Å²) < 4.78 is 6.11. The number of nitrogens with one attached hydrogen (secondary N) is 3. The molecule has 3 aromatic carbocycles. The number of hydrogen-bond donors (Lipinski definition) is 3. The Hall–Kier alpha value is -4.66. The van der Waals surface area contributed by atoms with Crippen molar-refractivity contribution in [3.63, 3.8) is 0 Å². The number of amides is 4. The second-order valence-electron chi connectivity index (χ2n) is 11.1. The van der Waals surface area contributed by atoms with Gasteiger partial charge in [0.2, 0.25) is 17.7 Å². The van der Waals surface area contributed by atoms with E-state index >= 15 is 0 Å². The number of nitrogens with zero attached hydrogens (tertiary/aromatic N) is 1. The average Bonchev–Trinajstić information content (AvgIpc) is 3.50. The predicted octanol–water partition coefficient (Wildman–Crippen LogP) is 3.04. The van der Waals surface area contributed by atoms with Crippen molar-refractivity contribution in [2.75, 3.05) is 19.7 Å². The van der Waals surface area contributed by atoms with E-state index in [9.17, 15) is 19.2 Å². The quantitative estimate of drug-likeness (QED) is 0.371. The van der Waals surface area contributed by atoms with Crippen molar-refractivity contribution in [3.8, 4) is 5.75 Å². The van der Waals surface area contributed by atoms with Crippen LogP contribution in [-0.4, -0.2) is 66.4 Å². The lowest BCUT2D eigenvalue weighted by Gasteiger charge is -2.30. The summed E-state index contributed by atoms with van der Waals surface area (Å²) in [5.41, 5.74) is 2.33. The Balaban J connectivity index is 1.36. The highest BCUT2D eigenvalue weighted by Crippen LogP contribution is 2.24. The maximum Gasteiger partial charge on any atom is 0.255 e. The third-order valence-corrected chi connectivity index (χ3v) is 7.93. The standard InChI is InChI=1S/C34H38N4O5/c39-31-22-28(33(41)35-19-9-15-24-11-3-1-4-12-24)37-32(40)27-17-7-8-18-30(27)43-23-26-16-10-20-38(26)34(42)29(36-31)21-25-13-5-2-6-14-25/h1-8,11-14,17-18,26,28-29H,9-10,15-16,19-23H2,(H,35,41)(H,36,39)(H,37,40)/t26-,28+,29+/m1/s1. The number of fused-ring (bicyclic) bond motifs is 2. The first-order valence-electron chi connectivity index (χ1n) is 15.0. The molecule has 0 radical (unpaired) electrons. The summed E-state index contributed by atoms with van der Waals surface area (Å²) in [5.74, 6) is -1.28. The van der Waals surface area contributed by atoms with Crippen LogP contribution < -0.4 is 20.7 Å². The number of hydrogen-bond acceptors (Lipinski definition) is 5. The summed E-state index contributed by atoms with van der Waals surface area (Å²) >= 11 is 0. The summed E-state index contributed by atoms with van der Waals surface area (Å²) in [4.78, 5) is 55.8. The first kappa shape index (κ1) is 29.8. The second-order valence-corrected chi connectivity index (χ2v) is 11.1. The SMILES string of the molecule is O=C1C[C@@H](C(=O)NCCCc2ccccc2)NC(=O)c2ccccc2OC[C@H]2CCCN2C(=O)[C@H](Cc2ccccc2)N1. The Morgan fingerprint density at radius 3 is 2.35 bits per heavy atom. The smallest absolute Gasteiger partial charge is 0.255 e. The molecule has 43 heavy (non-hydrogen) atoms. The maximum absolute atomic E-state index is 13.9. The maximum atomic E-state index is 13.9. The van der Waals surface area contributed by atoms with Crippen molar-refractivity contribution in [3.05, 3.63) is 102 Å². The Kier molecular flexibility index (Phi) is 10.0. The van der Waals surface area contributed by atoms with E-state index < -0.39 is 29.8 Å². The van der Waals surface area contributed by atoms with Gasteiger partial charge in [0.05, 0.1) is 18.0 Å². The van der Waals surface area contributed by atoms with Gasteiger partial charge in [0.25, 0.3) is 5.91 Å². The topological polar surface area (TPSA) is 117 Å². The van der Waals surface area contributed by atoms with E-state index in [1.807, 2.05) is 60.7 Å². The van der Waals surface area contributed by atoms with Crippen molar-refractivity contribution < 1.29 is 23.9 Å². The lowest BCUT2D eigenvalue weighted by atomic mass is 10.0. The Morgan fingerprint density at radius 2 is 1.58 bits per heavy atom. The fourth-order valence-corrected chi connectivity index (χ4v) is 5.67. The number of benzene rings is 3. The molecule has 0 aliphatic carbocycles. The summed E-state index contributed by atoms with van der Waals surface area (Å²) in [6, 6.07) is 24.1. The minimum atomic E-state index is -1.15. The number of aryl methyl sites for hydroxylation is 1. The first-order valence-corrected chi connectivity index (χ1v) is 15.0. The molecule has 3 N–H and O–H groups in total. The molecule has 5 rings (SSSR count). The molecule has 1 saturated heterocycles. The van der Waals surface area contributed by atoms with E-state index in [0.717, 1.165) is 30.4 Å². The molecule has 2 aliphatic heterocycles. The number of rotatable bonds is 7. The molecule has 2 aliphatic rings. The van der Waals surface area contributed by atoms with Crippen molar-refractivity contribution in [2.24, 2.45) is 0 Å². The van der Waals surface area contributed by atoms with Gasteiger partial charge in [-0.05, 0) is 48.9 Å². The van der Waals surface area contributed by atoms with Gasteiger partial charge in [-0.25, -0.2) is 0 Å². The van der Waals surface area contributed by atoms with Gasteiger partial charge in [-0.3, -0.25) is 19.2 Å². The molecule has 0 unspecified atom stereocenters. The molecule has 1 fully saturated rings. The van der Waals surface area contributed by atoms with Gasteiger partial charge >= 0.3 is 0 Å². The molecule has 4 amide bonds. The van der Waals surface area contributed by atoms with Crippen LogP contribution in [0.25, 0.3) is 0 Å². The number of carbonyl (C=O) groups excluding carboxylic acids is 4. The summed E-state index contributed by atoms with van der Waals surface area (Å²) in [6.45, 7) is 1.16. The van der Waals surface area contributed by atoms with Gasteiger partial charge in [0.15, 0.2) is 0 Å². The van der Waals surface area contributed by atoms with Crippen LogP contribution in [0, 0.1) is 0 Å². The molecule has 2 heterocycles. The lowest BCUT2D eigenvalue weighted by Crippen LogP contribution is -2.54. The van der Waals surface area contributed by atoms with Gasteiger partial charge < -0.3 is 25.6 Å². The number of carbonyl (C=O) groups is 4. The molecule has 0 aromatic heterocycles. The minimum absolute atomic E-state index is 0.181. The number of para-hydroxylation sites is 1. The minimum Gasteiger partial charge on any atom is -0.491 e. The zero-order chi connectivity index (χ0) is 30.0. The zero-order valence-electron chi connectivity index (χ0n) is 24.2. The normalized spacial score (nSPS) is 21.0. The summed E-state index contributed by atoms with van der Waals surface area (Å²) in [7, 11) is 0. The van der Waals surface area contributed by atoms with E-state index in [-0.39, 0.29) is 30.5 Å². The monoisotopic (exact) mass is 582 g/mol. The average molecular weight is 583 g/mol. The molecule has 3 aromatic rings. The van der Waals surface area contributed by atoms with Crippen molar-refractivity contribution in [2.45, 2.75) is 56.7 Å². The third kappa shape index (κ3) is 8.00. The van der Waals surface area contributed by atoms with Crippen LogP contribution in [-0.2, 0) is 27.2 Å². The second kappa shape index (κ2) is 14.5. The van der Waals surface area contributed by atoms with Gasteiger partial charge in [0.1, 0.15) is 24.4 Å². The summed E-state index contributed by atoms with van der Waals surface area (Å²) in [6.07, 6.45) is 3.05. The fourth-order valence-electron chi connectivity index (χ4n) is 5.67. The van der Waals surface area contributed by atoms with Crippen LogP contribution in [0.2, 0.25) is 0 Å². The van der Waals surface area contributed by atoms with Crippen molar-refractivity contribution in [1.29, 1.82) is 0 Å². The zero-order valence-corrected chi connectivity index (χ0v) is 24.2. The van der Waals surface area contributed by atoms with Gasteiger partial charge in [-0.1, -0.05) is 72.8 Å². The van der Waals surface area contributed by atoms with Crippen LogP contribution in [0.3, 0.4) is 0 Å². The third-order valence-electron chi connectivity index (χ3n) is 7.93. The van der Waals surface area contributed by atoms with Crippen LogP contribution >= 0.6 is 0 Å². The van der Waals surface area contributed by atoms with Crippen LogP contribution in [0.5, 0.6) is 5.75 Å². The van der Waals surface area contributed by atoms with Crippen molar-refractivity contribution >= 4 is 23.6 Å². The van der Waals surface area contributed by atoms with Gasteiger partial charge in [-0.2, -0.15) is 0 Å². The highest BCUT2D eigenvalue weighted by atomic mass is 16.5. The molecule has 0 saturated carbocycles.